The summed E-state index contributed by atoms with van der Waals surface area (Å²) in [6.07, 6.45) is 2.40. The van der Waals surface area contributed by atoms with Gasteiger partial charge in [-0.15, -0.1) is 0 Å². The topological polar surface area (TPSA) is 106 Å². The summed E-state index contributed by atoms with van der Waals surface area (Å²) in [5.74, 6) is 1.64. The molecule has 0 fully saturated rings. The normalized spacial score (nSPS) is 11.3. The van der Waals surface area contributed by atoms with E-state index in [2.05, 4.69) is 29.9 Å². The predicted molar refractivity (Wildman–Crippen MR) is 84.0 cm³/mol. The van der Waals surface area contributed by atoms with E-state index in [1.807, 2.05) is 31.2 Å². The van der Waals surface area contributed by atoms with Gasteiger partial charge < -0.3 is 10.7 Å². The molecule has 0 saturated heterocycles. The molecule has 0 aliphatic heterocycles. The molecule has 22 heavy (non-hydrogen) atoms. The molecule has 3 heterocycles. The molecule has 108 valence electrons. The molecule has 3 aromatic heterocycles. The van der Waals surface area contributed by atoms with Crippen LogP contribution in [0.5, 0.6) is 0 Å². The molecule has 1 aromatic carbocycles. The lowest BCUT2D eigenvalue weighted by molar-refractivity contribution is 0.960. The van der Waals surface area contributed by atoms with Crippen LogP contribution in [0.1, 0.15) is 12.7 Å². The molecular weight excluding hydrogens is 278 g/mol. The number of nitrogen functional groups attached to an aromatic ring is 1. The first-order valence-electron chi connectivity index (χ1n) is 6.99. The average molecular weight is 291 g/mol. The van der Waals surface area contributed by atoms with E-state index in [9.17, 15) is 0 Å². The van der Waals surface area contributed by atoms with Gasteiger partial charge in [-0.1, -0.05) is 19.1 Å². The lowest BCUT2D eigenvalue weighted by Gasteiger charge is -1.98. The Kier molecular flexibility index (Phi) is 2.72. The Morgan fingerprint density at radius 3 is 2.68 bits per heavy atom. The Morgan fingerprint density at radius 1 is 1.05 bits per heavy atom. The summed E-state index contributed by atoms with van der Waals surface area (Å²) >= 11 is 0. The smallest absolute Gasteiger partial charge is 0.163 e. The van der Waals surface area contributed by atoms with E-state index in [1.54, 1.807) is 6.20 Å². The van der Waals surface area contributed by atoms with Crippen LogP contribution in [-0.2, 0) is 6.42 Å². The number of fused-ring (bicyclic) bond motifs is 2. The van der Waals surface area contributed by atoms with Crippen molar-refractivity contribution in [1.29, 1.82) is 0 Å². The summed E-state index contributed by atoms with van der Waals surface area (Å²) in [4.78, 5) is 25.2. The maximum Gasteiger partial charge on any atom is 0.163 e. The lowest BCUT2D eigenvalue weighted by atomic mass is 10.3. The van der Waals surface area contributed by atoms with Gasteiger partial charge in [0.1, 0.15) is 11.5 Å². The van der Waals surface area contributed by atoms with Gasteiger partial charge in [0.25, 0.3) is 0 Å². The number of anilines is 1. The fourth-order valence-electron chi connectivity index (χ4n) is 2.32. The molecule has 4 aromatic rings. The van der Waals surface area contributed by atoms with E-state index >= 15 is 0 Å². The van der Waals surface area contributed by atoms with Crippen molar-refractivity contribution in [3.05, 3.63) is 36.3 Å². The van der Waals surface area contributed by atoms with Crippen LogP contribution in [0.25, 0.3) is 33.7 Å². The van der Waals surface area contributed by atoms with E-state index in [0.29, 0.717) is 40.7 Å². The van der Waals surface area contributed by atoms with Gasteiger partial charge in [-0.3, -0.25) is 4.98 Å². The van der Waals surface area contributed by atoms with Gasteiger partial charge in [0.2, 0.25) is 0 Å². The van der Waals surface area contributed by atoms with Crippen LogP contribution in [0.15, 0.2) is 30.5 Å². The van der Waals surface area contributed by atoms with Crippen LogP contribution in [0.3, 0.4) is 0 Å². The first-order valence-corrected chi connectivity index (χ1v) is 6.99. The molecule has 0 aliphatic rings. The largest absolute Gasteiger partial charge is 0.382 e. The van der Waals surface area contributed by atoms with E-state index in [-0.39, 0.29) is 0 Å². The summed E-state index contributed by atoms with van der Waals surface area (Å²) in [5, 5.41) is 0. The van der Waals surface area contributed by atoms with Gasteiger partial charge in [0.05, 0.1) is 17.2 Å². The number of rotatable bonds is 2. The van der Waals surface area contributed by atoms with Crippen LogP contribution >= 0.6 is 0 Å². The van der Waals surface area contributed by atoms with Gasteiger partial charge in [-0.25, -0.2) is 19.9 Å². The second-order valence-corrected chi connectivity index (χ2v) is 4.91. The summed E-state index contributed by atoms with van der Waals surface area (Å²) < 4.78 is 0. The van der Waals surface area contributed by atoms with E-state index in [1.165, 1.54) is 0 Å². The first-order chi connectivity index (χ1) is 10.7. The van der Waals surface area contributed by atoms with E-state index in [0.717, 1.165) is 11.0 Å². The third kappa shape index (κ3) is 1.95. The monoisotopic (exact) mass is 291 g/mol. The second kappa shape index (κ2) is 4.73. The first kappa shape index (κ1) is 12.6. The maximum atomic E-state index is 5.94. The SMILES string of the molecule is CCc1nc(N)c2nc(-c3cnc4ccccc4n3)[nH]c2n1. The number of benzene rings is 1. The van der Waals surface area contributed by atoms with Crippen molar-refractivity contribution in [3.8, 4) is 11.5 Å². The summed E-state index contributed by atoms with van der Waals surface area (Å²) in [6.45, 7) is 1.98. The minimum Gasteiger partial charge on any atom is -0.382 e. The fraction of sp³-hybridized carbons (Fsp3) is 0.133. The Bertz CT molecular complexity index is 990. The van der Waals surface area contributed by atoms with Crippen molar-refractivity contribution in [3.63, 3.8) is 0 Å². The number of nitrogens with zero attached hydrogens (tertiary/aromatic N) is 5. The number of aromatic nitrogens is 6. The molecule has 0 spiro atoms. The number of hydrogen-bond donors (Lipinski definition) is 2. The van der Waals surface area contributed by atoms with E-state index in [4.69, 9.17) is 5.73 Å². The third-order valence-electron chi connectivity index (χ3n) is 3.43. The van der Waals surface area contributed by atoms with Crippen LogP contribution in [0.4, 0.5) is 5.82 Å². The highest BCUT2D eigenvalue weighted by Crippen LogP contribution is 2.22. The van der Waals surface area contributed by atoms with Crippen molar-refractivity contribution >= 4 is 28.0 Å². The minimum absolute atomic E-state index is 0.373. The zero-order chi connectivity index (χ0) is 15.1. The van der Waals surface area contributed by atoms with Crippen molar-refractivity contribution in [2.45, 2.75) is 13.3 Å². The average Bonchev–Trinajstić information content (AvgIpc) is 2.99. The van der Waals surface area contributed by atoms with Crippen molar-refractivity contribution < 1.29 is 0 Å². The Morgan fingerprint density at radius 2 is 1.86 bits per heavy atom. The Hall–Kier alpha value is -3.09. The number of H-pyrrole nitrogens is 1. The van der Waals surface area contributed by atoms with E-state index < -0.39 is 0 Å². The Balaban J connectivity index is 1.90. The highest BCUT2D eigenvalue weighted by molar-refractivity contribution is 5.84. The summed E-state index contributed by atoms with van der Waals surface area (Å²) in [6, 6.07) is 7.69. The van der Waals surface area contributed by atoms with Gasteiger partial charge in [0, 0.05) is 6.42 Å². The molecule has 7 nitrogen and oxygen atoms in total. The zero-order valence-electron chi connectivity index (χ0n) is 11.9. The Labute approximate surface area is 125 Å². The lowest BCUT2D eigenvalue weighted by Crippen LogP contribution is -1.99. The molecule has 0 radical (unpaired) electrons. The fourth-order valence-corrected chi connectivity index (χ4v) is 2.32. The standard InChI is InChI=1S/C15H13N7/c1-2-11-19-13(16)12-15(20-11)22-14(21-12)10-7-17-8-5-3-4-6-9(8)18-10/h3-7H,2H2,1H3,(H3,16,19,20,21,22). The van der Waals surface area contributed by atoms with Crippen LogP contribution in [0.2, 0.25) is 0 Å². The summed E-state index contributed by atoms with van der Waals surface area (Å²) in [7, 11) is 0. The molecule has 3 N–H and O–H groups in total. The van der Waals surface area contributed by atoms with Gasteiger partial charge in [0.15, 0.2) is 22.8 Å². The van der Waals surface area contributed by atoms with Crippen LogP contribution in [-0.4, -0.2) is 29.9 Å². The van der Waals surface area contributed by atoms with Crippen LogP contribution in [0, 0.1) is 0 Å². The van der Waals surface area contributed by atoms with Crippen molar-refractivity contribution in [2.75, 3.05) is 5.73 Å². The van der Waals surface area contributed by atoms with Crippen molar-refractivity contribution in [1.82, 2.24) is 29.9 Å². The number of nitrogens with one attached hydrogen (secondary N) is 1. The van der Waals surface area contributed by atoms with Crippen LogP contribution < -0.4 is 5.73 Å². The summed E-state index contributed by atoms with van der Waals surface area (Å²) in [5.41, 5.74) is 9.43. The highest BCUT2D eigenvalue weighted by atomic mass is 15.1. The predicted octanol–water partition coefficient (Wildman–Crippen LogP) is 2.11. The molecule has 0 saturated carbocycles. The second-order valence-electron chi connectivity index (χ2n) is 4.91. The zero-order valence-corrected chi connectivity index (χ0v) is 11.9. The number of imidazole rings is 1. The maximum absolute atomic E-state index is 5.94. The highest BCUT2D eigenvalue weighted by Gasteiger charge is 2.13. The van der Waals surface area contributed by atoms with Gasteiger partial charge in [-0.05, 0) is 12.1 Å². The molecule has 4 rings (SSSR count). The molecular formula is C15H13N7. The molecule has 0 aliphatic carbocycles. The molecule has 0 bridgehead atoms. The number of para-hydroxylation sites is 2. The number of aromatic amines is 1. The van der Waals surface area contributed by atoms with Gasteiger partial charge >= 0.3 is 0 Å². The molecule has 0 amide bonds. The number of aryl methyl sites for hydroxylation is 1. The quantitative estimate of drug-likeness (QED) is 0.586. The minimum atomic E-state index is 0.373. The third-order valence-corrected chi connectivity index (χ3v) is 3.43. The number of nitrogens with two attached hydrogens (primary N) is 1. The van der Waals surface area contributed by atoms with Crippen molar-refractivity contribution in [2.24, 2.45) is 0 Å². The molecule has 0 atom stereocenters. The molecule has 7 heteroatoms. The number of hydrogen-bond acceptors (Lipinski definition) is 6. The molecule has 0 unspecified atom stereocenters. The van der Waals surface area contributed by atoms with Gasteiger partial charge in [-0.2, -0.15) is 0 Å².